The van der Waals surface area contributed by atoms with Gasteiger partial charge in [0.25, 0.3) is 0 Å². The molecule has 1 heterocycles. The number of aliphatic imine (C=N–C) groups is 1. The quantitative estimate of drug-likeness (QED) is 0.322. The van der Waals surface area contributed by atoms with Crippen LogP contribution in [0.1, 0.15) is 39.2 Å². The summed E-state index contributed by atoms with van der Waals surface area (Å²) in [5.41, 5.74) is 1.91. The topological polar surface area (TPSA) is 73.8 Å². The maximum atomic E-state index is 12.7. The lowest BCUT2D eigenvalue weighted by atomic mass is 10.0. The van der Waals surface area contributed by atoms with E-state index in [1.165, 1.54) is 4.31 Å². The lowest BCUT2D eigenvalue weighted by Crippen LogP contribution is -2.45. The normalized spacial score (nSPS) is 15.3. The van der Waals surface area contributed by atoms with Crippen LogP contribution >= 0.6 is 24.0 Å². The van der Waals surface area contributed by atoms with Gasteiger partial charge in [-0.2, -0.15) is 0 Å². The minimum absolute atomic E-state index is 0. The summed E-state index contributed by atoms with van der Waals surface area (Å²) in [5, 5.41) is 6.45. The molecule has 6 nitrogen and oxygen atoms in total. The molecule has 0 aliphatic carbocycles. The molecule has 0 saturated heterocycles. The van der Waals surface area contributed by atoms with Crippen molar-refractivity contribution in [1.29, 1.82) is 0 Å². The molecule has 27 heavy (non-hydrogen) atoms. The number of sulfonamides is 1. The standard InChI is InChI=1S/C19H32N4O2S.HI/c1-15(2)9-10-16(3)22-19(20-4)21-12-14-26(24,25)23-13-11-17-7-5-6-8-18(17)23;/h5-8,15-16H,9-14H2,1-4H3,(H2,20,21,22);1H. The molecule has 0 radical (unpaired) electrons. The number of guanidine groups is 1. The molecule has 2 rings (SSSR count). The van der Waals surface area contributed by atoms with Crippen LogP contribution in [0.4, 0.5) is 5.69 Å². The first kappa shape index (κ1) is 24.0. The van der Waals surface area contributed by atoms with E-state index in [4.69, 9.17) is 0 Å². The molecule has 8 heteroatoms. The Morgan fingerprint density at radius 3 is 2.59 bits per heavy atom. The molecule has 2 N–H and O–H groups in total. The highest BCUT2D eigenvalue weighted by atomic mass is 127. The van der Waals surface area contributed by atoms with Crippen LogP contribution in [0.2, 0.25) is 0 Å². The van der Waals surface area contributed by atoms with E-state index in [2.05, 4.69) is 36.4 Å². The number of nitrogens with zero attached hydrogens (tertiary/aromatic N) is 2. The average molecular weight is 508 g/mol. The largest absolute Gasteiger partial charge is 0.355 e. The Balaban J connectivity index is 0.00000364. The third-order valence-corrected chi connectivity index (χ3v) is 6.39. The second kappa shape index (κ2) is 11.1. The van der Waals surface area contributed by atoms with Gasteiger partial charge in [-0.05, 0) is 43.7 Å². The highest BCUT2D eigenvalue weighted by molar-refractivity contribution is 14.0. The minimum Gasteiger partial charge on any atom is -0.355 e. The number of nitrogens with one attached hydrogen (secondary N) is 2. The Labute approximate surface area is 181 Å². The van der Waals surface area contributed by atoms with Crippen LogP contribution in [0, 0.1) is 5.92 Å². The fourth-order valence-corrected chi connectivity index (χ4v) is 4.52. The molecule has 154 valence electrons. The summed E-state index contributed by atoms with van der Waals surface area (Å²) < 4.78 is 26.9. The third kappa shape index (κ3) is 7.14. The second-order valence-electron chi connectivity index (χ2n) is 7.28. The van der Waals surface area contributed by atoms with Gasteiger partial charge in [0.1, 0.15) is 0 Å². The predicted molar refractivity (Wildman–Crippen MR) is 125 cm³/mol. The maximum absolute atomic E-state index is 12.7. The molecule has 0 saturated carbocycles. The minimum atomic E-state index is -3.34. The molecular formula is C19H33IN4O2S. The van der Waals surface area contributed by atoms with E-state index in [-0.39, 0.29) is 29.7 Å². The molecule has 1 aromatic rings. The monoisotopic (exact) mass is 508 g/mol. The first-order chi connectivity index (χ1) is 12.3. The lowest BCUT2D eigenvalue weighted by molar-refractivity contribution is 0.489. The zero-order chi connectivity index (χ0) is 19.2. The van der Waals surface area contributed by atoms with Crippen molar-refractivity contribution >= 4 is 45.6 Å². The van der Waals surface area contributed by atoms with E-state index in [1.807, 2.05) is 24.3 Å². The van der Waals surface area contributed by atoms with E-state index < -0.39 is 10.0 Å². The van der Waals surface area contributed by atoms with Crippen LogP contribution in [-0.2, 0) is 16.4 Å². The molecule has 0 bridgehead atoms. The van der Waals surface area contributed by atoms with Crippen LogP contribution < -0.4 is 14.9 Å². The van der Waals surface area contributed by atoms with Crippen molar-refractivity contribution in [3.63, 3.8) is 0 Å². The van der Waals surface area contributed by atoms with E-state index in [0.29, 0.717) is 31.0 Å². The van der Waals surface area contributed by atoms with Gasteiger partial charge in [-0.1, -0.05) is 32.0 Å². The van der Waals surface area contributed by atoms with Crippen molar-refractivity contribution in [3.05, 3.63) is 29.8 Å². The molecule has 1 aliphatic rings. The van der Waals surface area contributed by atoms with Gasteiger partial charge in [0, 0.05) is 26.2 Å². The smallest absolute Gasteiger partial charge is 0.236 e. The Hall–Kier alpha value is -1.03. The van der Waals surface area contributed by atoms with Crippen LogP contribution in [0.15, 0.2) is 29.3 Å². The Bertz CT molecular complexity index is 722. The van der Waals surface area contributed by atoms with Gasteiger partial charge in [0.05, 0.1) is 11.4 Å². The first-order valence-electron chi connectivity index (χ1n) is 9.39. The van der Waals surface area contributed by atoms with E-state index >= 15 is 0 Å². The van der Waals surface area contributed by atoms with Gasteiger partial charge >= 0.3 is 0 Å². The molecule has 1 aliphatic heterocycles. The zero-order valence-electron chi connectivity index (χ0n) is 16.7. The van der Waals surface area contributed by atoms with Gasteiger partial charge in [-0.25, -0.2) is 8.42 Å². The number of rotatable bonds is 8. The van der Waals surface area contributed by atoms with Crippen LogP contribution in [0.5, 0.6) is 0 Å². The van der Waals surface area contributed by atoms with Gasteiger partial charge in [0.2, 0.25) is 10.0 Å². The molecule has 1 atom stereocenters. The van der Waals surface area contributed by atoms with Crippen LogP contribution in [0.25, 0.3) is 0 Å². The highest BCUT2D eigenvalue weighted by Gasteiger charge is 2.28. The average Bonchev–Trinajstić information content (AvgIpc) is 3.04. The van der Waals surface area contributed by atoms with Crippen LogP contribution in [0.3, 0.4) is 0 Å². The molecule has 0 spiro atoms. The SMILES string of the molecule is CN=C(NCCS(=O)(=O)N1CCc2ccccc21)NC(C)CCC(C)C.I. The van der Waals surface area contributed by atoms with E-state index in [9.17, 15) is 8.42 Å². The van der Waals surface area contributed by atoms with Crippen molar-refractivity contribution in [2.24, 2.45) is 10.9 Å². The number of benzene rings is 1. The number of anilines is 1. The van der Waals surface area contributed by atoms with Gasteiger partial charge < -0.3 is 10.6 Å². The Morgan fingerprint density at radius 2 is 1.93 bits per heavy atom. The Kier molecular flexibility index (Phi) is 9.86. The van der Waals surface area contributed by atoms with Crippen molar-refractivity contribution in [2.45, 2.75) is 46.1 Å². The third-order valence-electron chi connectivity index (χ3n) is 4.62. The highest BCUT2D eigenvalue weighted by Crippen LogP contribution is 2.29. The van der Waals surface area contributed by atoms with Crippen molar-refractivity contribution in [3.8, 4) is 0 Å². The predicted octanol–water partition coefficient (Wildman–Crippen LogP) is 2.99. The molecule has 0 aromatic heterocycles. The lowest BCUT2D eigenvalue weighted by Gasteiger charge is -2.21. The fraction of sp³-hybridized carbons (Fsp3) is 0.632. The van der Waals surface area contributed by atoms with Crippen LogP contribution in [-0.4, -0.2) is 46.3 Å². The van der Waals surface area contributed by atoms with E-state index in [1.54, 1.807) is 7.05 Å². The molecule has 1 aromatic carbocycles. The number of hydrogen-bond donors (Lipinski definition) is 2. The number of hydrogen-bond acceptors (Lipinski definition) is 3. The maximum Gasteiger partial charge on any atom is 0.236 e. The second-order valence-corrected chi connectivity index (χ2v) is 9.30. The van der Waals surface area contributed by atoms with Gasteiger partial charge in [0.15, 0.2) is 5.96 Å². The first-order valence-corrected chi connectivity index (χ1v) is 11.0. The summed E-state index contributed by atoms with van der Waals surface area (Å²) in [7, 11) is -1.64. The van der Waals surface area contributed by atoms with Gasteiger partial charge in [-0.3, -0.25) is 9.30 Å². The van der Waals surface area contributed by atoms with Crippen molar-refractivity contribution in [1.82, 2.24) is 10.6 Å². The molecular weight excluding hydrogens is 475 g/mol. The number of para-hydroxylation sites is 1. The van der Waals surface area contributed by atoms with Crippen molar-refractivity contribution < 1.29 is 8.42 Å². The summed E-state index contributed by atoms with van der Waals surface area (Å²) in [5.74, 6) is 1.36. The Morgan fingerprint density at radius 1 is 1.22 bits per heavy atom. The summed E-state index contributed by atoms with van der Waals surface area (Å²) >= 11 is 0. The summed E-state index contributed by atoms with van der Waals surface area (Å²) in [6.45, 7) is 7.40. The molecule has 1 unspecified atom stereocenters. The van der Waals surface area contributed by atoms with Crippen molar-refractivity contribution in [2.75, 3.05) is 30.2 Å². The summed E-state index contributed by atoms with van der Waals surface area (Å²) in [6.07, 6.45) is 2.98. The summed E-state index contributed by atoms with van der Waals surface area (Å²) in [4.78, 5) is 4.19. The van der Waals surface area contributed by atoms with Gasteiger partial charge in [-0.15, -0.1) is 24.0 Å². The molecule has 0 amide bonds. The summed E-state index contributed by atoms with van der Waals surface area (Å²) in [6, 6.07) is 8.00. The zero-order valence-corrected chi connectivity index (χ0v) is 19.9. The van der Waals surface area contributed by atoms with E-state index in [0.717, 1.165) is 30.5 Å². The number of halogens is 1. The molecule has 0 fully saturated rings. The fourth-order valence-electron chi connectivity index (χ4n) is 3.09. The number of fused-ring (bicyclic) bond motifs is 1.